The molecule has 4 rings (SSSR count). The molecular weight excluding hydrogens is 508 g/mol. The number of imide groups is 1. The van der Waals surface area contributed by atoms with Gasteiger partial charge < -0.3 is 15.4 Å². The SMILES string of the molecule is CCCC1(c2ccccc2)NC(=O)N(CC(=O)Nc2cc(S(=O)(=O)N3CCOCC3)ccc2Cl)C1=O. The maximum Gasteiger partial charge on any atom is 0.325 e. The molecule has 2 saturated heterocycles. The van der Waals surface area contributed by atoms with Crippen LogP contribution in [0.25, 0.3) is 0 Å². The molecule has 2 aromatic rings. The largest absolute Gasteiger partial charge is 0.379 e. The van der Waals surface area contributed by atoms with Crippen molar-refractivity contribution in [1.29, 1.82) is 0 Å². The van der Waals surface area contributed by atoms with E-state index in [1.807, 2.05) is 13.0 Å². The molecule has 2 aromatic carbocycles. The van der Waals surface area contributed by atoms with Crippen molar-refractivity contribution in [2.45, 2.75) is 30.2 Å². The summed E-state index contributed by atoms with van der Waals surface area (Å²) in [5, 5.41) is 5.42. The number of halogens is 1. The second-order valence-corrected chi connectivity index (χ2v) is 10.9. The van der Waals surface area contributed by atoms with Crippen LogP contribution < -0.4 is 10.6 Å². The number of rotatable bonds is 8. The zero-order valence-corrected chi connectivity index (χ0v) is 21.3. The number of morpholine rings is 1. The number of nitrogens with one attached hydrogen (secondary N) is 2. The van der Waals surface area contributed by atoms with Crippen LogP contribution >= 0.6 is 11.6 Å². The number of benzene rings is 2. The molecular formula is C24H27ClN4O6S. The van der Waals surface area contributed by atoms with Gasteiger partial charge in [0.1, 0.15) is 12.1 Å². The van der Waals surface area contributed by atoms with E-state index in [-0.39, 0.29) is 28.7 Å². The van der Waals surface area contributed by atoms with Gasteiger partial charge >= 0.3 is 6.03 Å². The molecule has 0 bridgehead atoms. The van der Waals surface area contributed by atoms with Gasteiger partial charge in [0.15, 0.2) is 0 Å². The lowest BCUT2D eigenvalue weighted by atomic mass is 9.85. The third-order valence-corrected chi connectivity index (χ3v) is 8.41. The van der Waals surface area contributed by atoms with Crippen molar-refractivity contribution in [3.8, 4) is 0 Å². The second kappa shape index (κ2) is 10.6. The Kier molecular flexibility index (Phi) is 7.65. The molecule has 36 heavy (non-hydrogen) atoms. The number of hydrogen-bond donors (Lipinski definition) is 2. The molecule has 1 unspecified atom stereocenters. The van der Waals surface area contributed by atoms with Gasteiger partial charge in [-0.25, -0.2) is 13.2 Å². The van der Waals surface area contributed by atoms with Crippen molar-refractivity contribution in [1.82, 2.24) is 14.5 Å². The number of carbonyl (C=O) groups is 3. The van der Waals surface area contributed by atoms with Crippen LogP contribution in [0.15, 0.2) is 53.4 Å². The van der Waals surface area contributed by atoms with Crippen LogP contribution in [0.2, 0.25) is 5.02 Å². The smallest absolute Gasteiger partial charge is 0.325 e. The Hall–Kier alpha value is -2.99. The molecule has 2 heterocycles. The van der Waals surface area contributed by atoms with Gasteiger partial charge in [0.05, 0.1) is 28.8 Å². The lowest BCUT2D eigenvalue weighted by Crippen LogP contribution is -2.44. The van der Waals surface area contributed by atoms with Gasteiger partial charge in [0.2, 0.25) is 15.9 Å². The first-order valence-electron chi connectivity index (χ1n) is 11.6. The van der Waals surface area contributed by atoms with Crippen molar-refractivity contribution in [2.75, 3.05) is 38.2 Å². The van der Waals surface area contributed by atoms with Gasteiger partial charge in [-0.15, -0.1) is 0 Å². The second-order valence-electron chi connectivity index (χ2n) is 8.55. The first-order chi connectivity index (χ1) is 17.2. The van der Waals surface area contributed by atoms with Gasteiger partial charge in [0.25, 0.3) is 5.91 Å². The Labute approximate surface area is 214 Å². The number of amides is 4. The monoisotopic (exact) mass is 534 g/mol. The number of hydrogen-bond acceptors (Lipinski definition) is 6. The summed E-state index contributed by atoms with van der Waals surface area (Å²) in [5.74, 6) is -1.22. The molecule has 4 amide bonds. The standard InChI is InChI=1S/C24H27ClN4O6S/c1-2-10-24(17-6-4-3-5-7-17)22(31)29(23(32)27-24)16-21(30)26-20-15-18(8-9-19(20)25)36(33,34)28-11-13-35-14-12-28/h3-9,15H,2,10-14,16H2,1H3,(H,26,30)(H,27,32). The molecule has 2 N–H and O–H groups in total. The Balaban J connectivity index is 1.52. The van der Waals surface area contributed by atoms with Crippen molar-refractivity contribution >= 4 is 45.2 Å². The number of ether oxygens (including phenoxy) is 1. The van der Waals surface area contributed by atoms with E-state index in [4.69, 9.17) is 16.3 Å². The van der Waals surface area contributed by atoms with Crippen molar-refractivity contribution in [3.63, 3.8) is 0 Å². The summed E-state index contributed by atoms with van der Waals surface area (Å²) < 4.78 is 32.5. The Morgan fingerprint density at radius 2 is 1.83 bits per heavy atom. The summed E-state index contributed by atoms with van der Waals surface area (Å²) >= 11 is 6.21. The Morgan fingerprint density at radius 1 is 1.14 bits per heavy atom. The fourth-order valence-corrected chi connectivity index (χ4v) is 6.01. The number of urea groups is 1. The van der Waals surface area contributed by atoms with Crippen LogP contribution in [0.3, 0.4) is 0 Å². The molecule has 0 saturated carbocycles. The highest BCUT2D eigenvalue weighted by molar-refractivity contribution is 7.89. The number of sulfonamides is 1. The molecule has 0 spiro atoms. The summed E-state index contributed by atoms with van der Waals surface area (Å²) in [6.45, 7) is 2.38. The van der Waals surface area contributed by atoms with E-state index in [2.05, 4.69) is 10.6 Å². The van der Waals surface area contributed by atoms with Crippen LogP contribution in [0.1, 0.15) is 25.3 Å². The summed E-state index contributed by atoms with van der Waals surface area (Å²) in [4.78, 5) is 39.8. The van der Waals surface area contributed by atoms with Crippen LogP contribution in [-0.2, 0) is 29.9 Å². The van der Waals surface area contributed by atoms with Crippen LogP contribution in [-0.4, -0.2) is 68.3 Å². The average Bonchev–Trinajstić information content (AvgIpc) is 3.11. The Bertz CT molecular complexity index is 1270. The lowest BCUT2D eigenvalue weighted by Gasteiger charge is -2.27. The molecule has 0 aliphatic carbocycles. The zero-order valence-electron chi connectivity index (χ0n) is 19.7. The first kappa shape index (κ1) is 26.1. The number of anilines is 1. The minimum Gasteiger partial charge on any atom is -0.379 e. The van der Waals surface area contributed by atoms with Crippen molar-refractivity contribution < 1.29 is 27.5 Å². The molecule has 2 aliphatic heterocycles. The highest BCUT2D eigenvalue weighted by atomic mass is 35.5. The van der Waals surface area contributed by atoms with Crippen molar-refractivity contribution in [3.05, 3.63) is 59.1 Å². The fraction of sp³-hybridized carbons (Fsp3) is 0.375. The van der Waals surface area contributed by atoms with E-state index in [1.54, 1.807) is 24.3 Å². The molecule has 192 valence electrons. The van der Waals surface area contributed by atoms with Crippen LogP contribution in [0.4, 0.5) is 10.5 Å². The third kappa shape index (κ3) is 4.96. The molecule has 0 radical (unpaired) electrons. The topological polar surface area (TPSA) is 125 Å². The van der Waals surface area contributed by atoms with E-state index in [9.17, 15) is 22.8 Å². The van der Waals surface area contributed by atoms with Crippen LogP contribution in [0, 0.1) is 0 Å². The first-order valence-corrected chi connectivity index (χ1v) is 13.4. The summed E-state index contributed by atoms with van der Waals surface area (Å²) in [7, 11) is -3.81. The predicted octanol–water partition coefficient (Wildman–Crippen LogP) is 2.55. The molecule has 2 fully saturated rings. The average molecular weight is 535 g/mol. The van der Waals surface area contributed by atoms with E-state index in [0.29, 0.717) is 31.6 Å². The molecule has 1 atom stereocenters. The summed E-state index contributed by atoms with van der Waals surface area (Å²) in [6.07, 6.45) is 0.994. The van der Waals surface area contributed by atoms with Gasteiger partial charge in [-0.05, 0) is 30.2 Å². The zero-order chi connectivity index (χ0) is 25.9. The summed E-state index contributed by atoms with van der Waals surface area (Å²) in [6, 6.07) is 12.2. The van der Waals surface area contributed by atoms with E-state index in [1.165, 1.54) is 22.5 Å². The molecule has 10 nitrogen and oxygen atoms in total. The lowest BCUT2D eigenvalue weighted by molar-refractivity contribution is -0.134. The van der Waals surface area contributed by atoms with E-state index < -0.39 is 40.0 Å². The highest BCUT2D eigenvalue weighted by Gasteiger charge is 2.52. The Morgan fingerprint density at radius 3 is 2.50 bits per heavy atom. The highest BCUT2D eigenvalue weighted by Crippen LogP contribution is 2.34. The quantitative estimate of drug-likeness (QED) is 0.501. The van der Waals surface area contributed by atoms with E-state index >= 15 is 0 Å². The molecule has 2 aliphatic rings. The maximum absolute atomic E-state index is 13.4. The summed E-state index contributed by atoms with van der Waals surface area (Å²) in [5.41, 5.74) is -0.555. The van der Waals surface area contributed by atoms with E-state index in [0.717, 1.165) is 4.90 Å². The van der Waals surface area contributed by atoms with Gasteiger partial charge in [-0.1, -0.05) is 55.3 Å². The molecule has 0 aromatic heterocycles. The van der Waals surface area contributed by atoms with Gasteiger partial charge in [-0.2, -0.15) is 4.31 Å². The normalized spacial score (nSPS) is 20.9. The maximum atomic E-state index is 13.4. The van der Waals surface area contributed by atoms with Gasteiger partial charge in [-0.3, -0.25) is 14.5 Å². The number of carbonyl (C=O) groups excluding carboxylic acids is 3. The molecule has 12 heteroatoms. The minimum absolute atomic E-state index is 0.0369. The number of nitrogens with zero attached hydrogens (tertiary/aromatic N) is 2. The van der Waals surface area contributed by atoms with Gasteiger partial charge in [0, 0.05) is 13.1 Å². The minimum atomic E-state index is -3.81. The fourth-order valence-electron chi connectivity index (χ4n) is 4.41. The van der Waals surface area contributed by atoms with Crippen molar-refractivity contribution in [2.24, 2.45) is 0 Å². The predicted molar refractivity (Wildman–Crippen MR) is 133 cm³/mol. The third-order valence-electron chi connectivity index (χ3n) is 6.19. The van der Waals surface area contributed by atoms with Crippen LogP contribution in [0.5, 0.6) is 0 Å².